The van der Waals surface area contributed by atoms with Crippen molar-refractivity contribution < 1.29 is 4.74 Å². The molecule has 0 aromatic carbocycles. The molecule has 0 spiro atoms. The van der Waals surface area contributed by atoms with Crippen molar-refractivity contribution in [3.63, 3.8) is 0 Å². The number of ether oxygens (including phenoxy) is 1. The fraction of sp³-hybridized carbons (Fsp3) is 1.00. The minimum absolute atomic E-state index is 0.00601. The van der Waals surface area contributed by atoms with E-state index in [0.29, 0.717) is 11.6 Å². The zero-order valence-electron chi connectivity index (χ0n) is 13.0. The summed E-state index contributed by atoms with van der Waals surface area (Å²) in [7, 11) is 4.42. The summed E-state index contributed by atoms with van der Waals surface area (Å²) >= 11 is 0. The van der Waals surface area contributed by atoms with Crippen molar-refractivity contribution in [3.05, 3.63) is 0 Å². The molecule has 2 fully saturated rings. The van der Waals surface area contributed by atoms with Crippen molar-refractivity contribution in [2.45, 2.75) is 76.2 Å². The van der Waals surface area contributed by atoms with E-state index >= 15 is 0 Å². The number of hydrogen-bond donors (Lipinski definition) is 1. The van der Waals surface area contributed by atoms with Crippen LogP contribution >= 0.6 is 0 Å². The van der Waals surface area contributed by atoms with Crippen LogP contribution in [0.5, 0.6) is 0 Å². The summed E-state index contributed by atoms with van der Waals surface area (Å²) in [5, 5.41) is 3.78. The van der Waals surface area contributed by atoms with Gasteiger partial charge in [0.05, 0.1) is 11.2 Å². The van der Waals surface area contributed by atoms with E-state index in [1.165, 1.54) is 19.3 Å². The molecule has 0 bridgehead atoms. The van der Waals surface area contributed by atoms with Gasteiger partial charge in [0, 0.05) is 18.1 Å². The van der Waals surface area contributed by atoms with Crippen LogP contribution in [-0.2, 0) is 4.74 Å². The van der Waals surface area contributed by atoms with E-state index in [4.69, 9.17) is 4.74 Å². The summed E-state index contributed by atoms with van der Waals surface area (Å²) in [6.45, 7) is 9.90. The van der Waals surface area contributed by atoms with E-state index in [1.54, 1.807) is 0 Å². The molecule has 1 saturated carbocycles. The standard InChI is InChI=1S/C15H30N2O/c1-13(2)10-12(14(3,4)18-13)16-11-15(17(5)6)8-7-9-15/h12,16H,7-11H2,1-6H3. The molecular formula is C15H30N2O. The Kier molecular flexibility index (Phi) is 3.54. The topological polar surface area (TPSA) is 24.5 Å². The quantitative estimate of drug-likeness (QED) is 0.834. The van der Waals surface area contributed by atoms with Crippen LogP contribution in [0.25, 0.3) is 0 Å². The fourth-order valence-electron chi connectivity index (χ4n) is 3.56. The highest BCUT2D eigenvalue weighted by atomic mass is 16.5. The van der Waals surface area contributed by atoms with Crippen molar-refractivity contribution in [2.24, 2.45) is 0 Å². The molecule has 1 aliphatic heterocycles. The molecule has 106 valence electrons. The Morgan fingerprint density at radius 3 is 2.11 bits per heavy atom. The van der Waals surface area contributed by atoms with Gasteiger partial charge in [0.1, 0.15) is 0 Å². The lowest BCUT2D eigenvalue weighted by atomic mass is 9.75. The molecule has 0 aromatic heterocycles. The predicted octanol–water partition coefficient (Wildman–Crippen LogP) is 2.41. The molecule has 1 heterocycles. The number of nitrogens with zero attached hydrogens (tertiary/aromatic N) is 1. The highest BCUT2D eigenvalue weighted by molar-refractivity contribution is 5.03. The molecule has 1 saturated heterocycles. The maximum Gasteiger partial charge on any atom is 0.0787 e. The lowest BCUT2D eigenvalue weighted by Crippen LogP contribution is -2.59. The summed E-state index contributed by atoms with van der Waals surface area (Å²) in [5.41, 5.74) is 0.343. The molecule has 0 amide bonds. The fourth-order valence-corrected chi connectivity index (χ4v) is 3.56. The summed E-state index contributed by atoms with van der Waals surface area (Å²) < 4.78 is 6.15. The van der Waals surface area contributed by atoms with Gasteiger partial charge in [0.2, 0.25) is 0 Å². The minimum Gasteiger partial charge on any atom is -0.368 e. The van der Waals surface area contributed by atoms with Gasteiger partial charge in [-0.2, -0.15) is 0 Å². The SMILES string of the molecule is CN(C)C1(CNC2CC(C)(C)OC2(C)C)CCC1. The third-order valence-electron chi connectivity index (χ3n) is 4.98. The third kappa shape index (κ3) is 2.59. The van der Waals surface area contributed by atoms with Gasteiger partial charge in [-0.1, -0.05) is 0 Å². The van der Waals surface area contributed by atoms with Crippen molar-refractivity contribution in [1.82, 2.24) is 10.2 Å². The zero-order chi connectivity index (χ0) is 13.6. The molecule has 1 atom stereocenters. The van der Waals surface area contributed by atoms with Gasteiger partial charge < -0.3 is 15.0 Å². The van der Waals surface area contributed by atoms with Crippen molar-refractivity contribution >= 4 is 0 Å². The minimum atomic E-state index is -0.0548. The van der Waals surface area contributed by atoms with Gasteiger partial charge in [-0.15, -0.1) is 0 Å². The molecule has 18 heavy (non-hydrogen) atoms. The molecule has 3 heteroatoms. The Morgan fingerprint density at radius 1 is 1.17 bits per heavy atom. The Morgan fingerprint density at radius 2 is 1.78 bits per heavy atom. The predicted molar refractivity (Wildman–Crippen MR) is 75.9 cm³/mol. The van der Waals surface area contributed by atoms with E-state index < -0.39 is 0 Å². The second-order valence-corrected chi connectivity index (χ2v) is 7.58. The zero-order valence-corrected chi connectivity index (χ0v) is 13.0. The molecule has 1 aliphatic carbocycles. The van der Waals surface area contributed by atoms with E-state index in [9.17, 15) is 0 Å². The van der Waals surface area contributed by atoms with Crippen LogP contribution in [-0.4, -0.2) is 48.3 Å². The normalized spacial score (nSPS) is 32.5. The van der Waals surface area contributed by atoms with Gasteiger partial charge >= 0.3 is 0 Å². The first-order chi connectivity index (χ1) is 8.17. The van der Waals surface area contributed by atoms with Crippen molar-refractivity contribution in [1.29, 1.82) is 0 Å². The third-order valence-corrected chi connectivity index (χ3v) is 4.98. The van der Waals surface area contributed by atoms with Crippen molar-refractivity contribution in [3.8, 4) is 0 Å². The summed E-state index contributed by atoms with van der Waals surface area (Å²) in [4.78, 5) is 2.40. The van der Waals surface area contributed by atoms with Crippen LogP contribution in [0.1, 0.15) is 53.4 Å². The Hall–Kier alpha value is -0.120. The second kappa shape index (κ2) is 4.46. The second-order valence-electron chi connectivity index (χ2n) is 7.58. The highest BCUT2D eigenvalue weighted by Crippen LogP contribution is 2.39. The first-order valence-electron chi connectivity index (χ1n) is 7.28. The number of likely N-dealkylation sites (N-methyl/N-ethyl adjacent to an activating group) is 1. The number of nitrogens with one attached hydrogen (secondary N) is 1. The lowest BCUT2D eigenvalue weighted by Gasteiger charge is -2.48. The van der Waals surface area contributed by atoms with E-state index in [-0.39, 0.29) is 11.2 Å². The molecule has 1 N–H and O–H groups in total. The van der Waals surface area contributed by atoms with Crippen molar-refractivity contribution in [2.75, 3.05) is 20.6 Å². The molecule has 3 nitrogen and oxygen atoms in total. The van der Waals surface area contributed by atoms with Gasteiger partial charge in [0.25, 0.3) is 0 Å². The van der Waals surface area contributed by atoms with E-state index in [0.717, 1.165) is 13.0 Å². The highest BCUT2D eigenvalue weighted by Gasteiger charge is 2.47. The van der Waals surface area contributed by atoms with Crippen LogP contribution in [0, 0.1) is 0 Å². The van der Waals surface area contributed by atoms with Crippen LogP contribution in [0.2, 0.25) is 0 Å². The molecule has 2 rings (SSSR count). The summed E-state index contributed by atoms with van der Waals surface area (Å²) in [6, 6.07) is 0.463. The maximum atomic E-state index is 6.15. The molecule has 0 aromatic rings. The van der Waals surface area contributed by atoms with Gasteiger partial charge in [-0.3, -0.25) is 0 Å². The number of hydrogen-bond acceptors (Lipinski definition) is 3. The molecule has 1 unspecified atom stereocenters. The van der Waals surface area contributed by atoms with Gasteiger partial charge in [-0.25, -0.2) is 0 Å². The summed E-state index contributed by atoms with van der Waals surface area (Å²) in [5.74, 6) is 0. The van der Waals surface area contributed by atoms with Crippen LogP contribution in [0.15, 0.2) is 0 Å². The average molecular weight is 254 g/mol. The Labute approximate surface area is 112 Å². The molecule has 2 aliphatic rings. The van der Waals surface area contributed by atoms with Crippen LogP contribution < -0.4 is 5.32 Å². The number of rotatable bonds is 4. The first-order valence-corrected chi connectivity index (χ1v) is 7.28. The van der Waals surface area contributed by atoms with Gasteiger partial charge in [0.15, 0.2) is 0 Å². The van der Waals surface area contributed by atoms with Gasteiger partial charge in [-0.05, 0) is 67.5 Å². The van der Waals surface area contributed by atoms with E-state index in [1.807, 2.05) is 0 Å². The first kappa shape index (κ1) is 14.3. The smallest absolute Gasteiger partial charge is 0.0787 e. The maximum absolute atomic E-state index is 6.15. The monoisotopic (exact) mass is 254 g/mol. The van der Waals surface area contributed by atoms with Crippen LogP contribution in [0.3, 0.4) is 0 Å². The summed E-state index contributed by atoms with van der Waals surface area (Å²) in [6.07, 6.45) is 5.12. The largest absolute Gasteiger partial charge is 0.368 e. The Bertz CT molecular complexity index is 306. The van der Waals surface area contributed by atoms with Crippen LogP contribution in [0.4, 0.5) is 0 Å². The van der Waals surface area contributed by atoms with E-state index in [2.05, 4.69) is 52.0 Å². The molecule has 0 radical (unpaired) electrons. The average Bonchev–Trinajstić information content (AvgIpc) is 2.31. The lowest BCUT2D eigenvalue weighted by molar-refractivity contribution is -0.0710. The Balaban J connectivity index is 1.94. The molecular weight excluding hydrogens is 224 g/mol.